The first-order valence-corrected chi connectivity index (χ1v) is 4.42. The van der Waals surface area contributed by atoms with Crippen molar-refractivity contribution in [2.45, 2.75) is 12.8 Å². The van der Waals surface area contributed by atoms with Crippen molar-refractivity contribution in [1.82, 2.24) is 15.1 Å². The molecule has 1 radical (unpaired) electrons. The fourth-order valence-electron chi connectivity index (χ4n) is 1.13. The van der Waals surface area contributed by atoms with Gasteiger partial charge in [-0.2, -0.15) is 4.98 Å². The largest absolute Gasteiger partial charge is 0.339 e. The highest BCUT2D eigenvalue weighted by Crippen LogP contribution is 2.14. The Balaban J connectivity index is 2.25. The van der Waals surface area contributed by atoms with E-state index < -0.39 is 0 Å². The summed E-state index contributed by atoms with van der Waals surface area (Å²) in [6.07, 6.45) is 4.88. The number of pyridine rings is 1. The van der Waals surface area contributed by atoms with Crippen LogP contribution in [-0.2, 0) is 6.42 Å². The summed E-state index contributed by atoms with van der Waals surface area (Å²) in [5.41, 5.74) is 0.916. The quantitative estimate of drug-likeness (QED) is 0.738. The van der Waals surface area contributed by atoms with Gasteiger partial charge >= 0.3 is 0 Å². The molecule has 2 rings (SSSR count). The minimum Gasteiger partial charge on any atom is -0.339 e. The van der Waals surface area contributed by atoms with Crippen molar-refractivity contribution in [3.8, 4) is 11.4 Å². The molecule has 0 aliphatic heterocycles. The smallest absolute Gasteiger partial charge is 0.226 e. The molecule has 14 heavy (non-hydrogen) atoms. The number of hydrogen-bond acceptors (Lipinski definition) is 4. The third-order valence-electron chi connectivity index (χ3n) is 1.80. The molecule has 0 fully saturated rings. The average molecular weight is 188 g/mol. The van der Waals surface area contributed by atoms with Gasteiger partial charge in [0.25, 0.3) is 0 Å². The lowest BCUT2D eigenvalue weighted by Crippen LogP contribution is -1.83. The molecule has 0 bridgehead atoms. The van der Waals surface area contributed by atoms with Crippen LogP contribution in [0.1, 0.15) is 12.3 Å². The van der Waals surface area contributed by atoms with Gasteiger partial charge in [-0.25, -0.2) is 0 Å². The second-order valence-corrected chi connectivity index (χ2v) is 2.85. The Labute approximate surface area is 82.0 Å². The summed E-state index contributed by atoms with van der Waals surface area (Å²) in [6, 6.07) is 3.69. The lowest BCUT2D eigenvalue weighted by molar-refractivity contribution is 0.379. The van der Waals surface area contributed by atoms with E-state index in [0.717, 1.165) is 18.4 Å². The molecule has 4 heteroatoms. The van der Waals surface area contributed by atoms with Gasteiger partial charge in [0.15, 0.2) is 0 Å². The van der Waals surface area contributed by atoms with Crippen LogP contribution in [0.3, 0.4) is 0 Å². The van der Waals surface area contributed by atoms with Crippen LogP contribution in [0.25, 0.3) is 11.4 Å². The molecule has 2 aromatic heterocycles. The van der Waals surface area contributed by atoms with Crippen molar-refractivity contribution in [2.24, 2.45) is 0 Å². The van der Waals surface area contributed by atoms with Crippen molar-refractivity contribution < 1.29 is 4.52 Å². The van der Waals surface area contributed by atoms with Gasteiger partial charge in [0.1, 0.15) is 0 Å². The van der Waals surface area contributed by atoms with E-state index >= 15 is 0 Å². The summed E-state index contributed by atoms with van der Waals surface area (Å²) in [4.78, 5) is 8.14. The van der Waals surface area contributed by atoms with E-state index in [4.69, 9.17) is 4.52 Å². The molecule has 71 valence electrons. The number of nitrogens with zero attached hydrogens (tertiary/aromatic N) is 3. The molecule has 2 heterocycles. The Morgan fingerprint density at radius 3 is 2.79 bits per heavy atom. The topological polar surface area (TPSA) is 51.8 Å². The zero-order valence-corrected chi connectivity index (χ0v) is 7.68. The molecule has 2 aromatic rings. The Morgan fingerprint density at radius 1 is 1.29 bits per heavy atom. The van der Waals surface area contributed by atoms with Crippen LogP contribution in [0.4, 0.5) is 0 Å². The predicted molar refractivity (Wildman–Crippen MR) is 51.2 cm³/mol. The molecule has 0 amide bonds. The van der Waals surface area contributed by atoms with Crippen LogP contribution in [0.2, 0.25) is 0 Å². The molecule has 0 spiro atoms. The van der Waals surface area contributed by atoms with Gasteiger partial charge in [-0.3, -0.25) is 4.98 Å². The summed E-state index contributed by atoms with van der Waals surface area (Å²) in [7, 11) is 0. The fourth-order valence-corrected chi connectivity index (χ4v) is 1.13. The third-order valence-corrected chi connectivity index (χ3v) is 1.80. The van der Waals surface area contributed by atoms with E-state index in [9.17, 15) is 0 Å². The Hall–Kier alpha value is -1.71. The molecular formula is C10H10N3O. The molecule has 0 aliphatic carbocycles. The predicted octanol–water partition coefficient (Wildman–Crippen LogP) is 1.90. The number of aromatic nitrogens is 3. The van der Waals surface area contributed by atoms with E-state index in [1.807, 2.05) is 12.1 Å². The van der Waals surface area contributed by atoms with E-state index in [0.29, 0.717) is 11.7 Å². The fraction of sp³-hybridized carbons (Fsp3) is 0.200. The standard InChI is InChI=1S/C10H10N3O/c1-2-3-9-12-10(13-14-9)8-4-6-11-7-5-8/h4-7H,1-3H2. The van der Waals surface area contributed by atoms with Crippen LogP contribution >= 0.6 is 0 Å². The first kappa shape index (κ1) is 8.87. The zero-order chi connectivity index (χ0) is 9.80. The Kier molecular flexibility index (Phi) is 2.53. The lowest BCUT2D eigenvalue weighted by atomic mass is 10.2. The molecular weight excluding hydrogens is 178 g/mol. The number of aryl methyl sites for hydroxylation is 1. The maximum Gasteiger partial charge on any atom is 0.226 e. The molecule has 4 nitrogen and oxygen atoms in total. The Morgan fingerprint density at radius 2 is 2.07 bits per heavy atom. The minimum absolute atomic E-state index is 0.607. The summed E-state index contributed by atoms with van der Waals surface area (Å²) >= 11 is 0. The zero-order valence-electron chi connectivity index (χ0n) is 7.68. The monoisotopic (exact) mass is 188 g/mol. The molecule has 0 aromatic carbocycles. The van der Waals surface area contributed by atoms with E-state index in [1.54, 1.807) is 12.4 Å². The lowest BCUT2D eigenvalue weighted by Gasteiger charge is -1.89. The molecule has 0 atom stereocenters. The van der Waals surface area contributed by atoms with E-state index in [1.165, 1.54) is 0 Å². The number of hydrogen-bond donors (Lipinski definition) is 0. The van der Waals surface area contributed by atoms with E-state index in [2.05, 4.69) is 22.0 Å². The SMILES string of the molecule is [CH2]CCc1nc(-c2ccncc2)no1. The minimum atomic E-state index is 0.607. The van der Waals surface area contributed by atoms with Crippen molar-refractivity contribution in [1.29, 1.82) is 0 Å². The van der Waals surface area contributed by atoms with Crippen molar-refractivity contribution in [3.05, 3.63) is 37.3 Å². The van der Waals surface area contributed by atoms with Gasteiger partial charge in [0.05, 0.1) is 0 Å². The number of rotatable bonds is 3. The average Bonchev–Trinajstić information content (AvgIpc) is 2.68. The highest BCUT2D eigenvalue weighted by Gasteiger charge is 2.06. The van der Waals surface area contributed by atoms with Gasteiger partial charge in [0, 0.05) is 24.4 Å². The highest BCUT2D eigenvalue weighted by atomic mass is 16.5. The van der Waals surface area contributed by atoms with Gasteiger partial charge in [-0.05, 0) is 18.6 Å². The van der Waals surface area contributed by atoms with Crippen molar-refractivity contribution in [3.63, 3.8) is 0 Å². The third kappa shape index (κ3) is 1.79. The molecule has 0 unspecified atom stereocenters. The first-order chi connectivity index (χ1) is 6.90. The molecule has 0 N–H and O–H groups in total. The normalized spacial score (nSPS) is 10.4. The van der Waals surface area contributed by atoms with Crippen LogP contribution in [0.15, 0.2) is 29.0 Å². The van der Waals surface area contributed by atoms with Crippen LogP contribution in [0, 0.1) is 6.92 Å². The van der Waals surface area contributed by atoms with Crippen molar-refractivity contribution >= 4 is 0 Å². The van der Waals surface area contributed by atoms with Crippen LogP contribution < -0.4 is 0 Å². The van der Waals surface area contributed by atoms with Gasteiger partial charge in [-0.1, -0.05) is 12.1 Å². The summed E-state index contributed by atoms with van der Waals surface area (Å²) in [6.45, 7) is 3.73. The second-order valence-electron chi connectivity index (χ2n) is 2.85. The molecule has 0 saturated carbocycles. The van der Waals surface area contributed by atoms with Crippen LogP contribution in [-0.4, -0.2) is 15.1 Å². The van der Waals surface area contributed by atoms with Gasteiger partial charge < -0.3 is 4.52 Å². The maximum atomic E-state index is 5.04. The first-order valence-electron chi connectivity index (χ1n) is 4.42. The summed E-state index contributed by atoms with van der Waals surface area (Å²) in [5, 5.41) is 3.86. The van der Waals surface area contributed by atoms with Crippen LogP contribution in [0.5, 0.6) is 0 Å². The highest BCUT2D eigenvalue weighted by molar-refractivity contribution is 5.52. The second kappa shape index (κ2) is 4.00. The Bertz CT molecular complexity index is 397. The molecule has 0 aliphatic rings. The van der Waals surface area contributed by atoms with Crippen molar-refractivity contribution in [2.75, 3.05) is 0 Å². The van der Waals surface area contributed by atoms with Gasteiger partial charge in [0.2, 0.25) is 11.7 Å². The molecule has 0 saturated heterocycles. The summed E-state index contributed by atoms with van der Waals surface area (Å²) < 4.78 is 5.04. The van der Waals surface area contributed by atoms with Gasteiger partial charge in [-0.15, -0.1) is 0 Å². The summed E-state index contributed by atoms with van der Waals surface area (Å²) in [5.74, 6) is 1.24. The van der Waals surface area contributed by atoms with E-state index in [-0.39, 0.29) is 0 Å². The maximum absolute atomic E-state index is 5.04.